The van der Waals surface area contributed by atoms with Crippen LogP contribution in [0, 0.1) is 18.3 Å². The Morgan fingerprint density at radius 1 is 1.19 bits per heavy atom. The third-order valence-corrected chi connectivity index (χ3v) is 5.56. The Morgan fingerprint density at radius 2 is 1.97 bits per heavy atom. The van der Waals surface area contributed by atoms with Crippen molar-refractivity contribution in [1.29, 1.82) is 5.26 Å². The van der Waals surface area contributed by atoms with Crippen LogP contribution in [0.3, 0.4) is 0 Å². The van der Waals surface area contributed by atoms with Crippen LogP contribution >= 0.6 is 11.3 Å². The second-order valence-electron chi connectivity index (χ2n) is 6.61. The van der Waals surface area contributed by atoms with Gasteiger partial charge >= 0.3 is 5.97 Å². The number of pyridine rings is 1. The summed E-state index contributed by atoms with van der Waals surface area (Å²) in [5.74, 6) is -0.368. The number of ether oxygens (including phenoxy) is 2. The number of anilines is 1. The van der Waals surface area contributed by atoms with E-state index in [1.165, 1.54) is 16.2 Å². The number of hydrogen-bond donors (Lipinski definition) is 0. The Balaban J connectivity index is 1.68. The minimum absolute atomic E-state index is 0.147. The fraction of sp³-hybridized carbons (Fsp3) is 0.261. The smallest absolute Gasteiger partial charge is 0.350 e. The monoisotopic (exact) mass is 450 g/mol. The maximum Gasteiger partial charge on any atom is 0.350 e. The second kappa shape index (κ2) is 11.0. The van der Waals surface area contributed by atoms with E-state index in [1.807, 2.05) is 19.1 Å². The van der Waals surface area contributed by atoms with Crippen LogP contribution in [0.4, 0.5) is 5.69 Å². The zero-order valence-electron chi connectivity index (χ0n) is 17.8. The Morgan fingerprint density at radius 3 is 2.62 bits per heavy atom. The summed E-state index contributed by atoms with van der Waals surface area (Å²) in [7, 11) is 0. The lowest BCUT2D eigenvalue weighted by Gasteiger charge is -2.22. The van der Waals surface area contributed by atoms with Crippen LogP contribution in [0.15, 0.2) is 48.7 Å². The number of carbonyl (C=O) groups is 2. The van der Waals surface area contributed by atoms with Gasteiger partial charge in [-0.15, -0.1) is 11.3 Å². The summed E-state index contributed by atoms with van der Waals surface area (Å²) in [5.41, 5.74) is 1.77. The van der Waals surface area contributed by atoms with Crippen molar-refractivity contribution in [3.05, 3.63) is 59.2 Å². The maximum atomic E-state index is 12.8. The zero-order valence-corrected chi connectivity index (χ0v) is 18.6. The van der Waals surface area contributed by atoms with Crippen LogP contribution in [-0.4, -0.2) is 41.6 Å². The number of aryl methyl sites for hydroxylation is 1. The van der Waals surface area contributed by atoms with Crippen molar-refractivity contribution < 1.29 is 19.1 Å². The predicted octanol–water partition coefficient (Wildman–Crippen LogP) is 4.02. The molecule has 0 bridgehead atoms. The number of hydrogen-bond acceptors (Lipinski definition) is 8. The molecule has 2 heterocycles. The summed E-state index contributed by atoms with van der Waals surface area (Å²) in [6, 6.07) is 14.4. The fourth-order valence-corrected chi connectivity index (χ4v) is 3.84. The lowest BCUT2D eigenvalue weighted by Crippen LogP contribution is -2.35. The molecule has 164 valence electrons. The van der Waals surface area contributed by atoms with Crippen LogP contribution in [0.25, 0.3) is 10.7 Å². The highest BCUT2D eigenvalue weighted by Crippen LogP contribution is 2.27. The summed E-state index contributed by atoms with van der Waals surface area (Å²) >= 11 is 1.17. The molecule has 1 aromatic carbocycles. The molecule has 9 heteroatoms. The van der Waals surface area contributed by atoms with Crippen molar-refractivity contribution in [1.82, 2.24) is 9.97 Å². The van der Waals surface area contributed by atoms with Crippen molar-refractivity contribution in [3.8, 4) is 22.5 Å². The van der Waals surface area contributed by atoms with E-state index in [9.17, 15) is 9.59 Å². The molecule has 0 saturated heterocycles. The van der Waals surface area contributed by atoms with Crippen molar-refractivity contribution in [2.24, 2.45) is 0 Å². The molecule has 0 unspecified atom stereocenters. The standard InChI is InChI=1S/C23H22N4O4S/c1-3-30-18-10-8-17(9-11-18)27(14-6-12-24)20(28)15-31-23(29)21-16(2)26-22(32-21)19-7-4-5-13-25-19/h4-5,7-11,13H,3,6,14-15H2,1-2H3. The molecule has 0 spiro atoms. The zero-order chi connectivity index (χ0) is 22.9. The van der Waals surface area contributed by atoms with Crippen molar-refractivity contribution in [2.75, 3.05) is 24.7 Å². The van der Waals surface area contributed by atoms with Gasteiger partial charge in [-0.1, -0.05) is 6.07 Å². The first-order valence-corrected chi connectivity index (χ1v) is 10.8. The van der Waals surface area contributed by atoms with Gasteiger partial charge in [-0.3, -0.25) is 9.78 Å². The number of rotatable bonds is 9. The largest absolute Gasteiger partial charge is 0.494 e. The Bertz CT molecular complexity index is 1110. The number of carbonyl (C=O) groups excluding carboxylic acids is 2. The van der Waals surface area contributed by atoms with Gasteiger partial charge in [-0.05, 0) is 50.2 Å². The minimum atomic E-state index is -0.623. The van der Waals surface area contributed by atoms with E-state index in [2.05, 4.69) is 9.97 Å². The molecule has 0 aliphatic heterocycles. The molecule has 0 saturated carbocycles. The number of aromatic nitrogens is 2. The second-order valence-corrected chi connectivity index (χ2v) is 7.60. The van der Waals surface area contributed by atoms with Crippen molar-refractivity contribution >= 4 is 28.9 Å². The van der Waals surface area contributed by atoms with Gasteiger partial charge in [0.25, 0.3) is 5.91 Å². The summed E-state index contributed by atoms with van der Waals surface area (Å²) in [6.07, 6.45) is 1.80. The average molecular weight is 451 g/mol. The SMILES string of the molecule is CCOc1ccc(N(CCC#N)C(=O)COC(=O)c2sc(-c3ccccn3)nc2C)cc1. The number of esters is 1. The molecule has 0 atom stereocenters. The van der Waals surface area contributed by atoms with Gasteiger partial charge in [0.2, 0.25) is 0 Å². The maximum absolute atomic E-state index is 12.8. The summed E-state index contributed by atoms with van der Waals surface area (Å²) in [6.45, 7) is 3.86. The van der Waals surface area contributed by atoms with E-state index in [0.29, 0.717) is 39.3 Å². The highest BCUT2D eigenvalue weighted by molar-refractivity contribution is 7.17. The van der Waals surface area contributed by atoms with Crippen LogP contribution in [-0.2, 0) is 9.53 Å². The van der Waals surface area contributed by atoms with Gasteiger partial charge < -0.3 is 14.4 Å². The normalized spacial score (nSPS) is 10.3. The van der Waals surface area contributed by atoms with E-state index < -0.39 is 18.5 Å². The molecule has 8 nitrogen and oxygen atoms in total. The van der Waals surface area contributed by atoms with Gasteiger partial charge in [0.15, 0.2) is 6.61 Å². The third kappa shape index (κ3) is 5.68. The van der Waals surface area contributed by atoms with Crippen LogP contribution in [0.5, 0.6) is 5.75 Å². The number of benzene rings is 1. The van der Waals surface area contributed by atoms with E-state index in [-0.39, 0.29) is 13.0 Å². The van der Waals surface area contributed by atoms with Crippen molar-refractivity contribution in [3.63, 3.8) is 0 Å². The molecule has 2 aromatic heterocycles. The van der Waals surface area contributed by atoms with Gasteiger partial charge in [0, 0.05) is 18.4 Å². The quantitative estimate of drug-likeness (QED) is 0.453. The first kappa shape index (κ1) is 22.9. The highest BCUT2D eigenvalue weighted by atomic mass is 32.1. The van der Waals surface area contributed by atoms with E-state index >= 15 is 0 Å². The summed E-state index contributed by atoms with van der Waals surface area (Å²) in [4.78, 5) is 35.8. The molecule has 0 fully saturated rings. The Hall–Kier alpha value is -3.77. The highest BCUT2D eigenvalue weighted by Gasteiger charge is 2.22. The topological polar surface area (TPSA) is 105 Å². The molecule has 0 N–H and O–H groups in total. The molecule has 3 aromatic rings. The number of nitrogens with zero attached hydrogens (tertiary/aromatic N) is 4. The van der Waals surface area contributed by atoms with Crippen LogP contribution in [0.1, 0.15) is 28.7 Å². The van der Waals surface area contributed by atoms with Gasteiger partial charge in [-0.2, -0.15) is 5.26 Å². The van der Waals surface area contributed by atoms with E-state index in [1.54, 1.807) is 49.5 Å². The van der Waals surface area contributed by atoms with Gasteiger partial charge in [0.05, 0.1) is 30.5 Å². The molecule has 0 aliphatic rings. The lowest BCUT2D eigenvalue weighted by atomic mass is 10.2. The number of nitriles is 1. The molecule has 32 heavy (non-hydrogen) atoms. The summed E-state index contributed by atoms with van der Waals surface area (Å²) < 4.78 is 10.7. The lowest BCUT2D eigenvalue weighted by molar-refractivity contribution is -0.121. The molecule has 0 aliphatic carbocycles. The fourth-order valence-electron chi connectivity index (χ4n) is 2.90. The first-order valence-electron chi connectivity index (χ1n) is 9.99. The predicted molar refractivity (Wildman–Crippen MR) is 121 cm³/mol. The number of amides is 1. The Labute approximate surface area is 190 Å². The van der Waals surface area contributed by atoms with E-state index in [4.69, 9.17) is 14.7 Å². The molecule has 1 amide bonds. The first-order chi connectivity index (χ1) is 15.5. The minimum Gasteiger partial charge on any atom is -0.494 e. The van der Waals surface area contributed by atoms with Crippen molar-refractivity contribution in [2.45, 2.75) is 20.3 Å². The average Bonchev–Trinajstić information content (AvgIpc) is 3.21. The van der Waals surface area contributed by atoms with Gasteiger partial charge in [0.1, 0.15) is 15.6 Å². The van der Waals surface area contributed by atoms with Gasteiger partial charge in [-0.25, -0.2) is 9.78 Å². The molecular formula is C23H22N4O4S. The Kier molecular flexibility index (Phi) is 7.89. The number of thiazole rings is 1. The summed E-state index contributed by atoms with van der Waals surface area (Å²) in [5, 5.41) is 9.55. The molecular weight excluding hydrogens is 428 g/mol. The third-order valence-electron chi connectivity index (χ3n) is 4.40. The molecule has 3 rings (SSSR count). The van der Waals surface area contributed by atoms with Crippen LogP contribution in [0.2, 0.25) is 0 Å². The van der Waals surface area contributed by atoms with E-state index in [0.717, 1.165) is 0 Å². The van der Waals surface area contributed by atoms with Crippen LogP contribution < -0.4 is 9.64 Å². The molecule has 0 radical (unpaired) electrons.